The van der Waals surface area contributed by atoms with E-state index in [1.165, 1.54) is 10.8 Å². The summed E-state index contributed by atoms with van der Waals surface area (Å²) in [7, 11) is -1.31. The molecule has 0 saturated heterocycles. The predicted octanol–water partition coefficient (Wildman–Crippen LogP) is 6.56. The van der Waals surface area contributed by atoms with Crippen molar-refractivity contribution in [2.24, 2.45) is 0 Å². The quantitative estimate of drug-likeness (QED) is 0.317. The molecule has 3 heterocycles. The van der Waals surface area contributed by atoms with Crippen LogP contribution in [0.25, 0.3) is 44.6 Å². The maximum absolute atomic E-state index is 6.27. The zero-order chi connectivity index (χ0) is 20.9. The van der Waals surface area contributed by atoms with Gasteiger partial charge in [-0.05, 0) is 42.8 Å². The number of aryl methyl sites for hydroxylation is 1. The fraction of sp³-hybridized carbons (Fsp3) is 0.154. The molecule has 2 aromatic carbocycles. The molecule has 0 aliphatic carbocycles. The molecule has 0 aliphatic rings. The number of hydrogen-bond acceptors (Lipinski definition) is 3. The molecule has 0 fully saturated rings. The lowest BCUT2D eigenvalue weighted by Gasteiger charge is -2.16. The van der Waals surface area contributed by atoms with E-state index in [9.17, 15) is 0 Å². The number of fused-ring (bicyclic) bond motifs is 3. The summed E-state index contributed by atoms with van der Waals surface area (Å²) < 4.78 is 6.27. The first-order valence-electron chi connectivity index (χ1n) is 10.3. The third kappa shape index (κ3) is 3.23. The number of nitrogens with zero attached hydrogens (tertiary/aromatic N) is 2. The smallest absolute Gasteiger partial charge is 0.227 e. The van der Waals surface area contributed by atoms with E-state index in [0.29, 0.717) is 5.71 Å². The Bertz CT molecular complexity index is 1380. The van der Waals surface area contributed by atoms with Crippen molar-refractivity contribution in [1.82, 2.24) is 9.97 Å². The molecule has 0 radical (unpaired) electrons. The van der Waals surface area contributed by atoms with E-state index in [0.717, 1.165) is 38.9 Å². The Hall–Kier alpha value is -3.24. The van der Waals surface area contributed by atoms with Crippen LogP contribution in [0.4, 0.5) is 0 Å². The summed E-state index contributed by atoms with van der Waals surface area (Å²) in [6, 6.07) is 23.3. The van der Waals surface area contributed by atoms with Gasteiger partial charge in [0.25, 0.3) is 0 Å². The normalized spacial score (nSPS) is 12.0. The molecule has 0 aliphatic heterocycles. The Morgan fingerprint density at radius 3 is 2.33 bits per heavy atom. The van der Waals surface area contributed by atoms with Crippen molar-refractivity contribution in [2.45, 2.75) is 26.6 Å². The molecule has 4 heteroatoms. The van der Waals surface area contributed by atoms with Crippen molar-refractivity contribution in [1.29, 1.82) is 0 Å². The molecule has 0 atom stereocenters. The van der Waals surface area contributed by atoms with E-state index in [1.54, 1.807) is 0 Å². The Balaban J connectivity index is 1.63. The third-order valence-corrected chi connectivity index (χ3v) is 7.67. The minimum absolute atomic E-state index is 0.664. The number of benzene rings is 2. The van der Waals surface area contributed by atoms with Gasteiger partial charge in [-0.3, -0.25) is 4.98 Å². The van der Waals surface area contributed by atoms with Gasteiger partial charge >= 0.3 is 0 Å². The Kier molecular flexibility index (Phi) is 4.33. The summed E-state index contributed by atoms with van der Waals surface area (Å²) in [5, 5.41) is 3.55. The summed E-state index contributed by atoms with van der Waals surface area (Å²) >= 11 is 0. The first-order valence-corrected chi connectivity index (χ1v) is 13.8. The standard InChI is InChI=1S/C26H24N2OSi/c1-17-14-15-27-24(16-17)22-7-5-6-20-21-12-13-23(28-26(21)29-25(20)22)18-8-10-19(11-9-18)30(2,3)4/h5-16H,1-4H3. The van der Waals surface area contributed by atoms with Gasteiger partial charge in [-0.25, -0.2) is 4.98 Å². The monoisotopic (exact) mass is 408 g/mol. The molecule has 0 spiro atoms. The van der Waals surface area contributed by atoms with Crippen molar-refractivity contribution in [3.63, 3.8) is 0 Å². The molecule has 0 bridgehead atoms. The average molecular weight is 409 g/mol. The maximum Gasteiger partial charge on any atom is 0.227 e. The number of furan rings is 1. The summed E-state index contributed by atoms with van der Waals surface area (Å²) in [4.78, 5) is 9.40. The molecule has 3 nitrogen and oxygen atoms in total. The lowest BCUT2D eigenvalue weighted by atomic mass is 10.1. The first-order chi connectivity index (χ1) is 14.4. The van der Waals surface area contributed by atoms with Crippen LogP contribution in [0.2, 0.25) is 19.6 Å². The fourth-order valence-electron chi connectivity index (χ4n) is 3.87. The second kappa shape index (κ2) is 6.92. The second-order valence-electron chi connectivity index (χ2n) is 8.88. The lowest BCUT2D eigenvalue weighted by Crippen LogP contribution is -2.37. The Labute approximate surface area is 177 Å². The summed E-state index contributed by atoms with van der Waals surface area (Å²) in [6.07, 6.45) is 1.84. The highest BCUT2D eigenvalue weighted by atomic mass is 28.3. The van der Waals surface area contributed by atoms with Crippen LogP contribution < -0.4 is 5.19 Å². The molecular weight excluding hydrogens is 384 g/mol. The van der Waals surface area contributed by atoms with Gasteiger partial charge in [-0.2, -0.15) is 0 Å². The summed E-state index contributed by atoms with van der Waals surface area (Å²) in [6.45, 7) is 9.16. The van der Waals surface area contributed by atoms with Crippen LogP contribution >= 0.6 is 0 Å². The van der Waals surface area contributed by atoms with E-state index in [1.807, 2.05) is 12.3 Å². The van der Waals surface area contributed by atoms with E-state index in [2.05, 4.69) is 92.2 Å². The molecule has 148 valence electrons. The summed E-state index contributed by atoms with van der Waals surface area (Å²) in [5.41, 5.74) is 6.63. The van der Waals surface area contributed by atoms with Crippen LogP contribution in [-0.2, 0) is 0 Å². The SMILES string of the molecule is Cc1ccnc(-c2cccc3c2oc2nc(-c4ccc([Si](C)(C)C)cc4)ccc23)c1. The minimum atomic E-state index is -1.31. The molecule has 0 N–H and O–H groups in total. The predicted molar refractivity (Wildman–Crippen MR) is 128 cm³/mol. The van der Waals surface area contributed by atoms with E-state index >= 15 is 0 Å². The number of pyridine rings is 2. The van der Waals surface area contributed by atoms with Crippen LogP contribution in [0.5, 0.6) is 0 Å². The van der Waals surface area contributed by atoms with Gasteiger partial charge in [-0.1, -0.05) is 61.2 Å². The average Bonchev–Trinajstić information content (AvgIpc) is 3.11. The van der Waals surface area contributed by atoms with Gasteiger partial charge < -0.3 is 4.42 Å². The molecule has 5 rings (SSSR count). The van der Waals surface area contributed by atoms with Crippen molar-refractivity contribution >= 4 is 35.3 Å². The van der Waals surface area contributed by atoms with Crippen molar-refractivity contribution in [2.75, 3.05) is 0 Å². The van der Waals surface area contributed by atoms with Gasteiger partial charge in [0.15, 0.2) is 0 Å². The van der Waals surface area contributed by atoms with Gasteiger partial charge in [0.05, 0.1) is 19.5 Å². The molecule has 5 aromatic rings. The zero-order valence-electron chi connectivity index (χ0n) is 17.7. The highest BCUT2D eigenvalue weighted by Gasteiger charge is 2.17. The van der Waals surface area contributed by atoms with Gasteiger partial charge in [0.2, 0.25) is 5.71 Å². The highest BCUT2D eigenvalue weighted by Crippen LogP contribution is 2.35. The Morgan fingerprint density at radius 2 is 1.60 bits per heavy atom. The summed E-state index contributed by atoms with van der Waals surface area (Å²) in [5.74, 6) is 0. The largest absolute Gasteiger partial charge is 0.437 e. The van der Waals surface area contributed by atoms with Crippen LogP contribution in [0.15, 0.2) is 77.3 Å². The van der Waals surface area contributed by atoms with Gasteiger partial charge in [-0.15, -0.1) is 0 Å². The number of para-hydroxylation sites is 1. The molecule has 30 heavy (non-hydrogen) atoms. The van der Waals surface area contributed by atoms with Crippen molar-refractivity contribution in [3.05, 3.63) is 78.5 Å². The van der Waals surface area contributed by atoms with Gasteiger partial charge in [0.1, 0.15) is 5.58 Å². The van der Waals surface area contributed by atoms with E-state index < -0.39 is 8.07 Å². The first kappa shape index (κ1) is 18.8. The molecule has 0 unspecified atom stereocenters. The topological polar surface area (TPSA) is 38.9 Å². The highest BCUT2D eigenvalue weighted by molar-refractivity contribution is 6.88. The lowest BCUT2D eigenvalue weighted by molar-refractivity contribution is 0.655. The van der Waals surface area contributed by atoms with Crippen molar-refractivity contribution in [3.8, 4) is 22.5 Å². The van der Waals surface area contributed by atoms with Crippen LogP contribution in [0.1, 0.15) is 5.56 Å². The minimum Gasteiger partial charge on any atom is -0.437 e. The number of hydrogen-bond donors (Lipinski definition) is 0. The van der Waals surface area contributed by atoms with E-state index in [-0.39, 0.29) is 0 Å². The zero-order valence-corrected chi connectivity index (χ0v) is 18.7. The van der Waals surface area contributed by atoms with Crippen LogP contribution in [-0.4, -0.2) is 18.0 Å². The maximum atomic E-state index is 6.27. The Morgan fingerprint density at radius 1 is 0.800 bits per heavy atom. The third-order valence-electron chi connectivity index (χ3n) is 5.60. The van der Waals surface area contributed by atoms with Crippen LogP contribution in [0.3, 0.4) is 0 Å². The van der Waals surface area contributed by atoms with E-state index in [4.69, 9.17) is 9.40 Å². The van der Waals surface area contributed by atoms with Crippen LogP contribution in [0, 0.1) is 6.92 Å². The van der Waals surface area contributed by atoms with Gasteiger partial charge in [0, 0.05) is 28.1 Å². The molecule has 0 saturated carbocycles. The molecular formula is C26H24N2OSi. The van der Waals surface area contributed by atoms with Crippen molar-refractivity contribution < 1.29 is 4.42 Å². The number of rotatable bonds is 3. The second-order valence-corrected chi connectivity index (χ2v) is 14.0. The fourth-order valence-corrected chi connectivity index (χ4v) is 5.03. The molecule has 0 amide bonds. The molecule has 3 aromatic heterocycles. The number of aromatic nitrogens is 2.